The second-order valence-electron chi connectivity index (χ2n) is 5.76. The molecule has 0 saturated carbocycles. The predicted octanol–water partition coefficient (Wildman–Crippen LogP) is 1.71. The average molecular weight is 296 g/mol. The van der Waals surface area contributed by atoms with Gasteiger partial charge in [-0.15, -0.1) is 0 Å². The summed E-state index contributed by atoms with van der Waals surface area (Å²) in [5.74, 6) is 0.624. The van der Waals surface area contributed by atoms with Crippen LogP contribution in [0.5, 0.6) is 5.75 Å². The van der Waals surface area contributed by atoms with E-state index in [4.69, 9.17) is 15.2 Å². The predicted molar refractivity (Wildman–Crippen MR) is 81.4 cm³/mol. The minimum atomic E-state index is -0.590. The number of nitrogen functional groups attached to an aromatic ring is 1. The molecule has 21 heavy (non-hydrogen) atoms. The molecule has 0 aliphatic carbocycles. The molecule has 0 aliphatic rings. The lowest BCUT2D eigenvalue weighted by Gasteiger charge is -2.23. The normalized spacial score (nSPS) is 12.6. The number of hydrogen-bond donors (Lipinski definition) is 3. The van der Waals surface area contributed by atoms with E-state index in [0.29, 0.717) is 17.9 Å². The van der Waals surface area contributed by atoms with Crippen molar-refractivity contribution in [3.05, 3.63) is 23.8 Å². The fourth-order valence-electron chi connectivity index (χ4n) is 1.87. The molecule has 118 valence electrons. The Morgan fingerprint density at radius 2 is 2.10 bits per heavy atom. The van der Waals surface area contributed by atoms with Gasteiger partial charge in [-0.1, -0.05) is 6.07 Å². The zero-order valence-corrected chi connectivity index (χ0v) is 13.0. The van der Waals surface area contributed by atoms with Crippen molar-refractivity contribution in [2.24, 2.45) is 0 Å². The van der Waals surface area contributed by atoms with Crippen molar-refractivity contribution in [3.63, 3.8) is 0 Å². The van der Waals surface area contributed by atoms with Gasteiger partial charge in [0.2, 0.25) is 0 Å². The largest absolute Gasteiger partial charge is 0.496 e. The number of alkyl carbamates (subject to hydrolysis) is 1. The first kappa shape index (κ1) is 17.1. The third-order valence-electron chi connectivity index (χ3n) is 2.78. The number of amides is 1. The summed E-state index contributed by atoms with van der Waals surface area (Å²) in [6, 6.07) is 4.82. The number of rotatable bonds is 5. The quantitative estimate of drug-likeness (QED) is 0.719. The summed E-state index contributed by atoms with van der Waals surface area (Å²) in [6.07, 6.45) is -0.221. The highest BCUT2D eigenvalue weighted by molar-refractivity contribution is 5.68. The van der Waals surface area contributed by atoms with Crippen LogP contribution in [0.25, 0.3) is 0 Å². The Balaban J connectivity index is 2.77. The van der Waals surface area contributed by atoms with Crippen LogP contribution in [0.15, 0.2) is 18.2 Å². The minimum absolute atomic E-state index is 0.225. The zero-order valence-electron chi connectivity index (χ0n) is 13.0. The maximum absolute atomic E-state index is 11.8. The fourth-order valence-corrected chi connectivity index (χ4v) is 1.87. The van der Waals surface area contributed by atoms with Crippen LogP contribution in [-0.4, -0.2) is 36.6 Å². The summed E-state index contributed by atoms with van der Waals surface area (Å²) in [7, 11) is 1.55. The summed E-state index contributed by atoms with van der Waals surface area (Å²) in [6.45, 7) is 5.10. The van der Waals surface area contributed by atoms with Crippen LogP contribution in [0.1, 0.15) is 26.3 Å². The topological polar surface area (TPSA) is 93.8 Å². The van der Waals surface area contributed by atoms with E-state index in [1.807, 2.05) is 0 Å². The SMILES string of the molecule is COc1cccc(N)c1C[C@@H](CO)NC(=O)OC(C)(C)C. The number of carbonyl (C=O) groups excluding carboxylic acids is 1. The summed E-state index contributed by atoms with van der Waals surface area (Å²) >= 11 is 0. The second-order valence-corrected chi connectivity index (χ2v) is 5.76. The third kappa shape index (κ3) is 5.51. The number of nitrogens with two attached hydrogens (primary N) is 1. The highest BCUT2D eigenvalue weighted by atomic mass is 16.6. The number of ether oxygens (including phenoxy) is 2. The Kier molecular flexibility index (Phi) is 5.84. The molecular weight excluding hydrogens is 272 g/mol. The van der Waals surface area contributed by atoms with Gasteiger partial charge in [-0.3, -0.25) is 0 Å². The lowest BCUT2D eigenvalue weighted by atomic mass is 10.0. The van der Waals surface area contributed by atoms with Crippen molar-refractivity contribution in [1.82, 2.24) is 5.32 Å². The van der Waals surface area contributed by atoms with E-state index in [1.165, 1.54) is 0 Å². The Morgan fingerprint density at radius 3 is 2.62 bits per heavy atom. The molecule has 1 rings (SSSR count). The molecule has 1 aromatic rings. The van der Waals surface area contributed by atoms with Gasteiger partial charge in [0.15, 0.2) is 0 Å². The number of methoxy groups -OCH3 is 1. The first-order valence-electron chi connectivity index (χ1n) is 6.78. The molecule has 0 radical (unpaired) electrons. The molecule has 6 heteroatoms. The zero-order chi connectivity index (χ0) is 16.0. The smallest absolute Gasteiger partial charge is 0.407 e. The van der Waals surface area contributed by atoms with Crippen LogP contribution in [0.3, 0.4) is 0 Å². The van der Waals surface area contributed by atoms with Crippen LogP contribution in [0, 0.1) is 0 Å². The van der Waals surface area contributed by atoms with Crippen molar-refractivity contribution in [2.75, 3.05) is 19.5 Å². The molecule has 4 N–H and O–H groups in total. The van der Waals surface area contributed by atoms with E-state index >= 15 is 0 Å². The van der Waals surface area contributed by atoms with E-state index in [0.717, 1.165) is 5.56 Å². The summed E-state index contributed by atoms with van der Waals surface area (Å²) in [5.41, 5.74) is 6.64. The van der Waals surface area contributed by atoms with Gasteiger partial charge in [0.1, 0.15) is 11.4 Å². The molecule has 1 aromatic carbocycles. The molecule has 0 heterocycles. The van der Waals surface area contributed by atoms with Crippen molar-refractivity contribution in [1.29, 1.82) is 0 Å². The highest BCUT2D eigenvalue weighted by Gasteiger charge is 2.21. The number of hydrogen-bond acceptors (Lipinski definition) is 5. The van der Waals surface area contributed by atoms with Gasteiger partial charge in [-0.2, -0.15) is 0 Å². The van der Waals surface area contributed by atoms with Crippen LogP contribution in [0.4, 0.5) is 10.5 Å². The van der Waals surface area contributed by atoms with Gasteiger partial charge in [-0.05, 0) is 32.9 Å². The summed E-state index contributed by atoms with van der Waals surface area (Å²) < 4.78 is 10.4. The molecule has 0 bridgehead atoms. The Labute approximate surface area is 125 Å². The van der Waals surface area contributed by atoms with E-state index in [-0.39, 0.29) is 6.61 Å². The standard InChI is InChI=1S/C15H24N2O4/c1-15(2,3)21-14(19)17-10(9-18)8-11-12(16)6-5-7-13(11)20-4/h5-7,10,18H,8-9,16H2,1-4H3,(H,17,19)/t10-/m0/s1. The number of anilines is 1. The van der Waals surface area contributed by atoms with E-state index < -0.39 is 17.7 Å². The number of benzene rings is 1. The highest BCUT2D eigenvalue weighted by Crippen LogP contribution is 2.25. The number of aliphatic hydroxyl groups excluding tert-OH is 1. The molecule has 1 atom stereocenters. The first-order chi connectivity index (χ1) is 9.76. The number of nitrogens with one attached hydrogen (secondary N) is 1. The molecule has 6 nitrogen and oxygen atoms in total. The van der Waals surface area contributed by atoms with Crippen molar-refractivity contribution >= 4 is 11.8 Å². The van der Waals surface area contributed by atoms with Gasteiger partial charge in [0, 0.05) is 17.7 Å². The van der Waals surface area contributed by atoms with E-state index in [2.05, 4.69) is 5.32 Å². The number of carbonyl (C=O) groups is 1. The van der Waals surface area contributed by atoms with Gasteiger partial charge < -0.3 is 25.6 Å². The Morgan fingerprint density at radius 1 is 1.43 bits per heavy atom. The van der Waals surface area contributed by atoms with Gasteiger partial charge in [0.05, 0.1) is 19.8 Å². The number of aliphatic hydroxyl groups is 1. The van der Waals surface area contributed by atoms with E-state index in [9.17, 15) is 9.90 Å². The Hall–Kier alpha value is -1.95. The van der Waals surface area contributed by atoms with Gasteiger partial charge >= 0.3 is 6.09 Å². The molecular formula is C15H24N2O4. The molecule has 0 unspecified atom stereocenters. The van der Waals surface area contributed by atoms with Crippen molar-refractivity contribution < 1.29 is 19.4 Å². The van der Waals surface area contributed by atoms with Crippen molar-refractivity contribution in [3.8, 4) is 5.75 Å². The van der Waals surface area contributed by atoms with Gasteiger partial charge in [0.25, 0.3) is 0 Å². The maximum atomic E-state index is 11.8. The second kappa shape index (κ2) is 7.17. The van der Waals surface area contributed by atoms with Crippen LogP contribution in [-0.2, 0) is 11.2 Å². The summed E-state index contributed by atoms with van der Waals surface area (Å²) in [4.78, 5) is 11.8. The Bertz CT molecular complexity index is 483. The molecule has 0 spiro atoms. The maximum Gasteiger partial charge on any atom is 0.407 e. The monoisotopic (exact) mass is 296 g/mol. The van der Waals surface area contributed by atoms with Crippen molar-refractivity contribution in [2.45, 2.75) is 38.8 Å². The molecule has 0 saturated heterocycles. The molecule has 0 fully saturated rings. The third-order valence-corrected chi connectivity index (χ3v) is 2.78. The van der Waals surface area contributed by atoms with E-state index in [1.54, 1.807) is 46.1 Å². The van der Waals surface area contributed by atoms with Crippen LogP contribution < -0.4 is 15.8 Å². The molecule has 0 aromatic heterocycles. The molecule has 1 amide bonds. The first-order valence-corrected chi connectivity index (χ1v) is 6.78. The van der Waals surface area contributed by atoms with Gasteiger partial charge in [-0.25, -0.2) is 4.79 Å². The fraction of sp³-hybridized carbons (Fsp3) is 0.533. The molecule has 0 aliphatic heterocycles. The van der Waals surface area contributed by atoms with Crippen LogP contribution >= 0.6 is 0 Å². The van der Waals surface area contributed by atoms with Crippen LogP contribution in [0.2, 0.25) is 0 Å². The summed E-state index contributed by atoms with van der Waals surface area (Å²) in [5, 5.41) is 12.1. The average Bonchev–Trinajstić information content (AvgIpc) is 2.37. The minimum Gasteiger partial charge on any atom is -0.496 e. The lowest BCUT2D eigenvalue weighted by molar-refractivity contribution is 0.0482. The lowest BCUT2D eigenvalue weighted by Crippen LogP contribution is -2.42.